The highest BCUT2D eigenvalue weighted by molar-refractivity contribution is 5.89. The molecule has 2 amide bonds. The number of carbonyl (C=O) groups excluding carboxylic acids is 1. The number of amides is 2. The molecule has 8 heteroatoms. The Hall–Kier alpha value is -2.48. The Balaban J connectivity index is 1.85. The number of aliphatic hydroxyl groups excluding tert-OH is 1. The highest BCUT2D eigenvalue weighted by atomic mass is 19.4. The maximum atomic E-state index is 12.4. The first-order valence-corrected chi connectivity index (χ1v) is 6.72. The van der Waals surface area contributed by atoms with Gasteiger partial charge in [-0.15, -0.1) is 0 Å². The summed E-state index contributed by atoms with van der Waals surface area (Å²) in [6.07, 6.45) is -5.44. The summed E-state index contributed by atoms with van der Waals surface area (Å²) in [6, 6.07) is 6.67. The van der Waals surface area contributed by atoms with E-state index in [1.54, 1.807) is 19.1 Å². The Morgan fingerprint density at radius 3 is 2.39 bits per heavy atom. The fraction of sp³-hybridized carbons (Fsp3) is 0.267. The van der Waals surface area contributed by atoms with Crippen molar-refractivity contribution in [3.63, 3.8) is 0 Å². The van der Waals surface area contributed by atoms with Crippen LogP contribution in [0.2, 0.25) is 0 Å². The van der Waals surface area contributed by atoms with Crippen molar-refractivity contribution < 1.29 is 27.5 Å². The van der Waals surface area contributed by atoms with Crippen LogP contribution in [0.1, 0.15) is 23.2 Å². The Morgan fingerprint density at radius 2 is 1.87 bits per heavy atom. The van der Waals surface area contributed by atoms with E-state index in [2.05, 4.69) is 10.6 Å². The molecule has 0 fully saturated rings. The second-order valence-corrected chi connectivity index (χ2v) is 4.87. The zero-order chi connectivity index (χ0) is 17.0. The fourth-order valence-electron chi connectivity index (χ4n) is 1.84. The minimum atomic E-state index is -4.42. The van der Waals surface area contributed by atoms with E-state index in [9.17, 15) is 23.1 Å². The molecular weight excluding hydrogens is 313 g/mol. The van der Waals surface area contributed by atoms with Crippen molar-refractivity contribution in [3.8, 4) is 0 Å². The van der Waals surface area contributed by atoms with Crippen molar-refractivity contribution in [1.29, 1.82) is 0 Å². The third-order valence-electron chi connectivity index (χ3n) is 3.02. The highest BCUT2D eigenvalue weighted by Crippen LogP contribution is 2.29. The second kappa shape index (κ2) is 6.74. The smallest absolute Gasteiger partial charge is 0.416 e. The molecule has 1 heterocycles. The average molecular weight is 328 g/mol. The van der Waals surface area contributed by atoms with Crippen molar-refractivity contribution >= 4 is 11.7 Å². The van der Waals surface area contributed by atoms with Gasteiger partial charge >= 0.3 is 12.2 Å². The number of nitrogens with one attached hydrogen (secondary N) is 2. The molecule has 124 valence electrons. The van der Waals surface area contributed by atoms with Gasteiger partial charge in [0.25, 0.3) is 0 Å². The first kappa shape index (κ1) is 16.9. The lowest BCUT2D eigenvalue weighted by Crippen LogP contribution is -2.32. The molecule has 2 rings (SSSR count). The molecule has 0 saturated heterocycles. The summed E-state index contributed by atoms with van der Waals surface area (Å²) in [5, 5.41) is 14.6. The molecule has 0 aliphatic rings. The Kier molecular flexibility index (Phi) is 4.95. The van der Waals surface area contributed by atoms with Gasteiger partial charge in [-0.05, 0) is 43.3 Å². The van der Waals surface area contributed by atoms with Crippen LogP contribution in [0.4, 0.5) is 23.7 Å². The topological polar surface area (TPSA) is 74.5 Å². The zero-order valence-corrected chi connectivity index (χ0v) is 12.1. The number of furan rings is 1. The molecule has 1 aromatic carbocycles. The van der Waals surface area contributed by atoms with E-state index in [-0.39, 0.29) is 12.2 Å². The number of hydrogen-bond donors (Lipinski definition) is 3. The van der Waals surface area contributed by atoms with Crippen molar-refractivity contribution in [2.24, 2.45) is 0 Å². The van der Waals surface area contributed by atoms with Gasteiger partial charge in [0, 0.05) is 5.69 Å². The first-order chi connectivity index (χ1) is 10.8. The second-order valence-electron chi connectivity index (χ2n) is 4.87. The fourth-order valence-corrected chi connectivity index (χ4v) is 1.84. The van der Waals surface area contributed by atoms with Crippen LogP contribution in [0.3, 0.4) is 0 Å². The number of rotatable bonds is 4. The molecule has 5 nitrogen and oxygen atoms in total. The lowest BCUT2D eigenvalue weighted by Gasteiger charge is -2.11. The molecule has 1 aromatic heterocycles. The van der Waals surface area contributed by atoms with Gasteiger partial charge in [-0.1, -0.05) is 0 Å². The molecule has 3 N–H and O–H groups in total. The lowest BCUT2D eigenvalue weighted by atomic mass is 10.2. The van der Waals surface area contributed by atoms with Gasteiger partial charge in [-0.25, -0.2) is 4.79 Å². The van der Waals surface area contributed by atoms with Crippen LogP contribution in [0.15, 0.2) is 40.8 Å². The summed E-state index contributed by atoms with van der Waals surface area (Å²) in [6.45, 7) is 1.63. The zero-order valence-electron chi connectivity index (χ0n) is 12.1. The van der Waals surface area contributed by atoms with E-state index in [1.165, 1.54) is 0 Å². The first-order valence-electron chi connectivity index (χ1n) is 6.72. The van der Waals surface area contributed by atoms with E-state index >= 15 is 0 Å². The summed E-state index contributed by atoms with van der Waals surface area (Å²) in [5.41, 5.74) is -0.592. The predicted octanol–water partition coefficient (Wildman–Crippen LogP) is 3.46. The Morgan fingerprint density at radius 1 is 1.22 bits per heavy atom. The number of alkyl halides is 3. The number of hydrogen-bond acceptors (Lipinski definition) is 3. The maximum Gasteiger partial charge on any atom is 0.416 e. The normalized spacial score (nSPS) is 12.7. The predicted molar refractivity (Wildman–Crippen MR) is 76.9 cm³/mol. The Labute approximate surface area is 130 Å². The van der Waals surface area contributed by atoms with Gasteiger partial charge in [-0.3, -0.25) is 0 Å². The van der Waals surface area contributed by atoms with Gasteiger partial charge < -0.3 is 20.2 Å². The van der Waals surface area contributed by atoms with Gasteiger partial charge in [0.15, 0.2) is 0 Å². The molecule has 0 aliphatic carbocycles. The molecule has 0 spiro atoms. The minimum Gasteiger partial charge on any atom is -0.464 e. The van der Waals surface area contributed by atoms with Gasteiger partial charge in [0.1, 0.15) is 17.6 Å². The summed E-state index contributed by atoms with van der Waals surface area (Å²) >= 11 is 0. The maximum absolute atomic E-state index is 12.4. The van der Waals surface area contributed by atoms with Crippen molar-refractivity contribution in [2.75, 3.05) is 11.9 Å². The number of urea groups is 1. The number of aliphatic hydroxyl groups is 1. The SMILES string of the molecule is Cc1ccc(C(O)CNC(=O)Nc2ccc(C(F)(F)F)cc2)o1. The van der Waals surface area contributed by atoms with Crippen molar-refractivity contribution in [1.82, 2.24) is 5.32 Å². The van der Waals surface area contributed by atoms with Crippen molar-refractivity contribution in [3.05, 3.63) is 53.5 Å². The third kappa shape index (κ3) is 4.75. The molecule has 2 aromatic rings. The number of halogens is 3. The molecule has 1 atom stereocenters. The molecule has 0 aliphatic heterocycles. The summed E-state index contributed by atoms with van der Waals surface area (Å²) in [5.74, 6) is 0.950. The largest absolute Gasteiger partial charge is 0.464 e. The third-order valence-corrected chi connectivity index (χ3v) is 3.02. The number of carbonyl (C=O) groups is 1. The van der Waals surface area contributed by atoms with Gasteiger partial charge in [0.05, 0.1) is 12.1 Å². The molecular formula is C15H15F3N2O3. The summed E-state index contributed by atoms with van der Waals surface area (Å²) < 4.78 is 42.5. The molecule has 0 saturated carbocycles. The van der Waals surface area contributed by atoms with E-state index < -0.39 is 23.9 Å². The van der Waals surface area contributed by atoms with E-state index in [0.717, 1.165) is 24.3 Å². The molecule has 0 bridgehead atoms. The summed E-state index contributed by atoms with van der Waals surface area (Å²) in [7, 11) is 0. The molecule has 23 heavy (non-hydrogen) atoms. The standard InChI is InChI=1S/C15H15F3N2O3/c1-9-2-7-13(23-9)12(21)8-19-14(22)20-11-5-3-10(4-6-11)15(16,17)18/h2-7,12,21H,8H2,1H3,(H2,19,20,22). The Bertz CT molecular complexity index is 665. The number of anilines is 1. The molecule has 1 unspecified atom stereocenters. The van der Waals surface area contributed by atoms with Crippen LogP contribution in [-0.4, -0.2) is 17.7 Å². The van der Waals surface area contributed by atoms with E-state index in [0.29, 0.717) is 11.5 Å². The minimum absolute atomic E-state index is 0.0978. The van der Waals surface area contributed by atoms with Crippen molar-refractivity contribution in [2.45, 2.75) is 19.2 Å². The van der Waals surface area contributed by atoms with Crippen LogP contribution in [0.5, 0.6) is 0 Å². The van der Waals surface area contributed by atoms with Crippen LogP contribution >= 0.6 is 0 Å². The van der Waals surface area contributed by atoms with E-state index in [1.807, 2.05) is 0 Å². The summed E-state index contributed by atoms with van der Waals surface area (Å²) in [4.78, 5) is 11.6. The van der Waals surface area contributed by atoms with Crippen LogP contribution in [0, 0.1) is 6.92 Å². The van der Waals surface area contributed by atoms with Crippen LogP contribution in [0.25, 0.3) is 0 Å². The van der Waals surface area contributed by atoms with Crippen LogP contribution < -0.4 is 10.6 Å². The molecule has 0 radical (unpaired) electrons. The van der Waals surface area contributed by atoms with Crippen LogP contribution in [-0.2, 0) is 6.18 Å². The van der Waals surface area contributed by atoms with Gasteiger partial charge in [-0.2, -0.15) is 13.2 Å². The lowest BCUT2D eigenvalue weighted by molar-refractivity contribution is -0.137. The average Bonchev–Trinajstić information content (AvgIpc) is 2.91. The number of aryl methyl sites for hydroxylation is 1. The quantitative estimate of drug-likeness (QED) is 0.804. The monoisotopic (exact) mass is 328 g/mol. The number of benzene rings is 1. The van der Waals surface area contributed by atoms with Gasteiger partial charge in [0.2, 0.25) is 0 Å². The van der Waals surface area contributed by atoms with E-state index in [4.69, 9.17) is 4.42 Å². The highest BCUT2D eigenvalue weighted by Gasteiger charge is 2.29.